The van der Waals surface area contributed by atoms with E-state index in [2.05, 4.69) is 40.7 Å². The molecule has 49 unspecified atom stereocenters. The molecule has 0 radical (unpaired) electrons. The summed E-state index contributed by atoms with van der Waals surface area (Å²) in [5.41, 5.74) is -3.10. The third-order valence-electron chi connectivity index (χ3n) is 29.6. The van der Waals surface area contributed by atoms with Crippen LogP contribution < -0.4 is 0 Å². The quantitative estimate of drug-likeness (QED) is 0.0272. The lowest BCUT2D eigenvalue weighted by molar-refractivity contribution is -0.399. The van der Waals surface area contributed by atoms with Gasteiger partial charge in [0.2, 0.25) is 0 Å². The van der Waals surface area contributed by atoms with E-state index in [4.69, 9.17) is 75.8 Å². The molecule has 0 aromatic carbocycles. The Balaban J connectivity index is 0.683. The van der Waals surface area contributed by atoms with E-state index in [1.54, 1.807) is 0 Å². The van der Waals surface area contributed by atoms with Crippen molar-refractivity contribution in [3.05, 3.63) is 11.6 Å². The summed E-state index contributed by atoms with van der Waals surface area (Å²) in [4.78, 5) is 15.7. The zero-order valence-electron chi connectivity index (χ0n) is 67.4. The Bertz CT molecular complexity index is 3410. The molecule has 42 nitrogen and oxygen atoms in total. The molecule has 0 amide bonds. The van der Waals surface area contributed by atoms with Gasteiger partial charge in [0.05, 0.1) is 63.4 Å². The van der Waals surface area contributed by atoms with Gasteiger partial charge in [0.1, 0.15) is 171 Å². The lowest BCUT2D eigenvalue weighted by Gasteiger charge is -2.71. The highest BCUT2D eigenvalue weighted by atomic mass is 16.8. The van der Waals surface area contributed by atoms with Crippen molar-refractivity contribution >= 4 is 5.97 Å². The molecule has 0 spiro atoms. The minimum Gasteiger partial charge on any atom is -0.456 e. The number of hydrogen-bond donors (Lipinski definition) is 25. The number of fused-ring (bicyclic) bond motifs is 7. The van der Waals surface area contributed by atoms with Gasteiger partial charge in [0, 0.05) is 5.41 Å². The zero-order valence-corrected chi connectivity index (χ0v) is 67.4. The average molecular weight is 1720 g/mol. The molecule has 0 aromatic heterocycles. The Kier molecular flexibility index (Phi) is 28.7. The fourth-order valence-electron chi connectivity index (χ4n) is 22.1. The van der Waals surface area contributed by atoms with E-state index in [9.17, 15) is 128 Å². The SMILES string of the molecule is CC1OC(O)C(OC2OC(OC3CCC4(C)C(CCC5(C)C4CC=C4C6CC(C)(C)CCC6(C(=O)OC6C(O)C(CO)OC(OCC7OC(OC8C(C)OC(O)C(O)C8O)C(OC8OC(CO)C(O)C(O)C8O)C(O)C7O)C6O)CCC45C)C3(C)CO)C(O)C(O)C2O)C(OCC2OC(OC3C(O)C(O)OC(CO)C3O)C(O)C(O)C2O)C1O. The Morgan fingerprint density at radius 2 is 0.874 bits per heavy atom. The van der Waals surface area contributed by atoms with Crippen molar-refractivity contribution in [3.8, 4) is 0 Å². The van der Waals surface area contributed by atoms with Crippen LogP contribution in [-0.4, -0.2) is 425 Å². The molecule has 12 fully saturated rings. The van der Waals surface area contributed by atoms with Gasteiger partial charge >= 0.3 is 5.97 Å². The molecule has 13 rings (SSSR count). The molecule has 25 N–H and O–H groups in total. The Morgan fingerprint density at radius 1 is 0.387 bits per heavy atom. The van der Waals surface area contributed by atoms with E-state index in [1.165, 1.54) is 13.8 Å². The van der Waals surface area contributed by atoms with Gasteiger partial charge in [-0.3, -0.25) is 4.79 Å². The number of allylic oxidation sites excluding steroid dienone is 2. The van der Waals surface area contributed by atoms with Crippen LogP contribution >= 0.6 is 0 Å². The van der Waals surface area contributed by atoms with E-state index in [1.807, 2.05) is 6.92 Å². The molecular weight excluding hydrogens is 1600 g/mol. The number of rotatable bonds is 22. The van der Waals surface area contributed by atoms with E-state index in [0.29, 0.717) is 57.8 Å². The van der Waals surface area contributed by atoms with Crippen molar-refractivity contribution in [3.63, 3.8) is 0 Å². The second-order valence-electron chi connectivity index (χ2n) is 37.1. The second kappa shape index (κ2) is 36.3. The third kappa shape index (κ3) is 16.8. The van der Waals surface area contributed by atoms with Gasteiger partial charge in [-0.05, 0) is 117 Å². The van der Waals surface area contributed by atoms with Crippen LogP contribution in [0.15, 0.2) is 11.6 Å². The van der Waals surface area contributed by atoms with Gasteiger partial charge in [0.15, 0.2) is 62.7 Å². The van der Waals surface area contributed by atoms with Crippen LogP contribution in [0.25, 0.3) is 0 Å². The average Bonchev–Trinajstić information content (AvgIpc) is 0.672. The molecule has 4 saturated carbocycles. The van der Waals surface area contributed by atoms with Crippen LogP contribution in [0.1, 0.15) is 120 Å². The van der Waals surface area contributed by atoms with Crippen molar-refractivity contribution < 1.29 is 208 Å². The molecule has 49 atom stereocenters. The monoisotopic (exact) mass is 1720 g/mol. The summed E-state index contributed by atoms with van der Waals surface area (Å²) in [5.74, 6) is -1.49. The van der Waals surface area contributed by atoms with E-state index < -0.39 is 331 Å². The van der Waals surface area contributed by atoms with Gasteiger partial charge in [-0.25, -0.2) is 0 Å². The summed E-state index contributed by atoms with van der Waals surface area (Å²) in [6, 6.07) is 0. The number of ether oxygens (including phenoxy) is 16. The summed E-state index contributed by atoms with van der Waals surface area (Å²) in [6.07, 6.45) is -67.5. The second-order valence-corrected chi connectivity index (χ2v) is 37.1. The molecule has 8 heterocycles. The third-order valence-corrected chi connectivity index (χ3v) is 29.6. The van der Waals surface area contributed by atoms with Crippen LogP contribution in [0.5, 0.6) is 0 Å². The first-order valence-corrected chi connectivity index (χ1v) is 41.3. The smallest absolute Gasteiger partial charge is 0.313 e. The standard InChI is InChI=1S/C77H126O42/c1-26-38(82)59(104-23-33-40(84)45(89)51(95)67(111-33)115-57-42(86)31(21-79)108-63(101)54(57)98)61(64(102)106-26)117-69-53(97)46(90)52(96)68(119-69)113-37-12-13-73(5)35(74(37,6)25-81)11-14-76(8)36(73)10-9-28-29-19-72(3,4)15-17-77(29,18-16-75(28,76)7)71(103)118-58-43(87)32(22-80)109-65(55(58)99)105-24-34-41(85)47(91)60(116-66-50(94)44(88)39(83)30(20-78)110-66)70(112-34)114-56-27(2)107-62(100)49(93)48(56)92/h9,26-27,29-70,78-102H,10-25H2,1-8H3. The number of aliphatic hydroxyl groups excluding tert-OH is 25. The van der Waals surface area contributed by atoms with Gasteiger partial charge in [-0.2, -0.15) is 0 Å². The summed E-state index contributed by atoms with van der Waals surface area (Å²) in [7, 11) is 0. The van der Waals surface area contributed by atoms with Gasteiger partial charge in [-0.15, -0.1) is 0 Å². The van der Waals surface area contributed by atoms with Gasteiger partial charge in [-0.1, -0.05) is 53.2 Å². The normalized spacial score (nSPS) is 55.3. The first-order valence-electron chi connectivity index (χ1n) is 41.3. The van der Waals surface area contributed by atoms with Crippen molar-refractivity contribution in [1.82, 2.24) is 0 Å². The van der Waals surface area contributed by atoms with E-state index in [-0.39, 0.29) is 23.7 Å². The van der Waals surface area contributed by atoms with Crippen LogP contribution in [0.2, 0.25) is 0 Å². The number of carbonyl (C=O) groups excluding carboxylic acids is 1. The highest BCUT2D eigenvalue weighted by Crippen LogP contribution is 2.76. The highest BCUT2D eigenvalue weighted by Gasteiger charge is 2.72. The molecule has 686 valence electrons. The Hall–Kier alpha value is -2.39. The van der Waals surface area contributed by atoms with E-state index >= 15 is 4.79 Å². The number of esters is 1. The number of aliphatic hydroxyl groups is 25. The molecule has 119 heavy (non-hydrogen) atoms. The topological polar surface area (TPSA) is 671 Å². The molecule has 13 aliphatic rings. The number of hydrogen-bond acceptors (Lipinski definition) is 42. The summed E-state index contributed by atoms with van der Waals surface area (Å²) in [6.45, 7) is 11.0. The minimum atomic E-state index is -2.12. The molecule has 0 bridgehead atoms. The van der Waals surface area contributed by atoms with Crippen molar-refractivity contribution in [1.29, 1.82) is 0 Å². The summed E-state index contributed by atoms with van der Waals surface area (Å²) in [5, 5.41) is 276. The zero-order chi connectivity index (χ0) is 86.9. The summed E-state index contributed by atoms with van der Waals surface area (Å²) >= 11 is 0. The van der Waals surface area contributed by atoms with Gasteiger partial charge < -0.3 is 203 Å². The molecule has 42 heteroatoms. The highest BCUT2D eigenvalue weighted by molar-refractivity contribution is 5.79. The maximum Gasteiger partial charge on any atom is 0.313 e. The fourth-order valence-corrected chi connectivity index (χ4v) is 22.1. The first-order chi connectivity index (χ1) is 55.9. The minimum absolute atomic E-state index is 0.0518. The summed E-state index contributed by atoms with van der Waals surface area (Å²) < 4.78 is 94.1. The predicted octanol–water partition coefficient (Wildman–Crippen LogP) is -9.75. The van der Waals surface area contributed by atoms with Crippen LogP contribution in [0.3, 0.4) is 0 Å². The van der Waals surface area contributed by atoms with Crippen LogP contribution in [0.4, 0.5) is 0 Å². The maximum absolute atomic E-state index is 15.7. The van der Waals surface area contributed by atoms with Crippen LogP contribution in [0, 0.1) is 50.2 Å². The first kappa shape index (κ1) is 94.2. The largest absolute Gasteiger partial charge is 0.456 e. The molecule has 5 aliphatic carbocycles. The molecule has 8 saturated heterocycles. The van der Waals surface area contributed by atoms with E-state index in [0.717, 1.165) is 5.57 Å². The lowest BCUT2D eigenvalue weighted by Crippen LogP contribution is -2.67. The van der Waals surface area contributed by atoms with Crippen LogP contribution in [-0.2, 0) is 80.6 Å². The van der Waals surface area contributed by atoms with Crippen molar-refractivity contribution in [2.24, 2.45) is 50.2 Å². The van der Waals surface area contributed by atoms with Gasteiger partial charge in [0.25, 0.3) is 0 Å². The Morgan fingerprint density at radius 3 is 1.50 bits per heavy atom. The fraction of sp³-hybridized carbons (Fsp3) is 0.961. The predicted molar refractivity (Wildman–Crippen MR) is 387 cm³/mol. The molecule has 0 aromatic rings. The molecule has 8 aliphatic heterocycles. The molecular formula is C77H126O42. The van der Waals surface area contributed by atoms with Crippen molar-refractivity contribution in [2.75, 3.05) is 39.6 Å². The maximum atomic E-state index is 15.7. The number of carbonyl (C=O) groups is 1. The lowest BCUT2D eigenvalue weighted by atomic mass is 9.33. The van der Waals surface area contributed by atoms with Crippen molar-refractivity contribution in [2.45, 2.75) is 372 Å². The Labute approximate surface area is 685 Å².